The van der Waals surface area contributed by atoms with Crippen molar-refractivity contribution in [2.75, 3.05) is 29.6 Å². The van der Waals surface area contributed by atoms with Crippen LogP contribution in [0, 0.1) is 11.3 Å². The summed E-state index contributed by atoms with van der Waals surface area (Å²) in [5.41, 5.74) is 0.624. The van der Waals surface area contributed by atoms with E-state index in [0.29, 0.717) is 29.5 Å². The highest BCUT2D eigenvalue weighted by molar-refractivity contribution is 7.99. The number of hydrogen-bond donors (Lipinski definition) is 1. The van der Waals surface area contributed by atoms with Crippen LogP contribution in [0.4, 0.5) is 11.5 Å². The van der Waals surface area contributed by atoms with Gasteiger partial charge in [-0.1, -0.05) is 11.6 Å². The quantitative estimate of drug-likeness (QED) is 0.416. The molecule has 4 rings (SSSR count). The summed E-state index contributed by atoms with van der Waals surface area (Å²) in [6, 6.07) is 3.66. The Morgan fingerprint density at radius 2 is 2.38 bits per heavy atom. The maximum Gasteiger partial charge on any atom is 0.252 e. The zero-order valence-corrected chi connectivity index (χ0v) is 17.6. The lowest BCUT2D eigenvalue weighted by atomic mass is 10.0. The molecule has 0 bridgehead atoms. The Labute approximate surface area is 178 Å². The summed E-state index contributed by atoms with van der Waals surface area (Å²) >= 11 is 7.78. The highest BCUT2D eigenvalue weighted by Crippen LogP contribution is 2.50. The fourth-order valence-electron chi connectivity index (χ4n) is 3.91. The monoisotopic (exact) mass is 435 g/mol. The molecule has 0 spiro atoms. The number of pyridine rings is 1. The molecule has 2 fully saturated rings. The summed E-state index contributed by atoms with van der Waals surface area (Å²) in [7, 11) is 0. The van der Waals surface area contributed by atoms with E-state index in [1.165, 1.54) is 4.90 Å². The first kappa shape index (κ1) is 20.4. The van der Waals surface area contributed by atoms with Crippen LogP contribution in [0.3, 0.4) is 0 Å². The number of nitriles is 1. The van der Waals surface area contributed by atoms with Crippen LogP contribution in [0.1, 0.15) is 19.8 Å². The van der Waals surface area contributed by atoms with Gasteiger partial charge >= 0.3 is 0 Å². The second kappa shape index (κ2) is 8.08. The van der Waals surface area contributed by atoms with Gasteiger partial charge in [0, 0.05) is 36.8 Å². The minimum atomic E-state index is -0.212. The third kappa shape index (κ3) is 3.81. The van der Waals surface area contributed by atoms with Crippen molar-refractivity contribution in [1.29, 1.82) is 5.26 Å². The predicted octanol–water partition coefficient (Wildman–Crippen LogP) is 1.12. The number of anilines is 2. The maximum atomic E-state index is 12.7. The van der Waals surface area contributed by atoms with E-state index in [1.54, 1.807) is 33.9 Å². The second-order valence-electron chi connectivity index (χ2n) is 7.39. The van der Waals surface area contributed by atoms with Crippen LogP contribution in [0.25, 0.3) is 0 Å². The van der Waals surface area contributed by atoms with Gasteiger partial charge in [-0.05, 0) is 19.4 Å². The van der Waals surface area contributed by atoms with Gasteiger partial charge in [-0.2, -0.15) is 5.26 Å². The topological polar surface area (TPSA) is 110 Å². The van der Waals surface area contributed by atoms with Crippen LogP contribution < -0.4 is 10.7 Å². The smallest absolute Gasteiger partial charge is 0.252 e. The molecule has 1 aromatic heterocycles. The summed E-state index contributed by atoms with van der Waals surface area (Å²) in [6.45, 7) is 2.42. The van der Waals surface area contributed by atoms with Gasteiger partial charge in [0.05, 0.1) is 17.3 Å². The van der Waals surface area contributed by atoms with Gasteiger partial charge in [0.15, 0.2) is 5.82 Å². The largest absolute Gasteiger partial charge is 0.333 e. The Balaban J connectivity index is 1.32. The first-order valence-corrected chi connectivity index (χ1v) is 11.0. The number of carbonyl (C=O) groups excluding carboxylic acids is 2. The Bertz CT molecular complexity index is 878. The van der Waals surface area contributed by atoms with Gasteiger partial charge in [0.1, 0.15) is 18.3 Å². The van der Waals surface area contributed by atoms with Crippen molar-refractivity contribution in [3.63, 3.8) is 0 Å². The Hall–Kier alpha value is -1.90. The second-order valence-corrected chi connectivity index (χ2v) is 8.80. The van der Waals surface area contributed by atoms with Crippen molar-refractivity contribution in [2.45, 2.75) is 38.0 Å². The van der Waals surface area contributed by atoms with Crippen molar-refractivity contribution in [1.82, 2.24) is 19.8 Å². The molecule has 3 unspecified atom stereocenters. The highest BCUT2D eigenvalue weighted by atomic mass is 35.5. The van der Waals surface area contributed by atoms with Crippen molar-refractivity contribution >= 4 is 46.7 Å². The first-order chi connectivity index (χ1) is 13.9. The number of amides is 2. The van der Waals surface area contributed by atoms with E-state index < -0.39 is 0 Å². The normalized spacial score (nSPS) is 25.1. The first-order valence-electron chi connectivity index (χ1n) is 9.43. The van der Waals surface area contributed by atoms with Crippen LogP contribution in [0.15, 0.2) is 12.3 Å². The van der Waals surface area contributed by atoms with Crippen LogP contribution in [-0.4, -0.2) is 74.6 Å². The van der Waals surface area contributed by atoms with Crippen LogP contribution in [-0.2, 0) is 9.59 Å². The average molecular weight is 436 g/mol. The van der Waals surface area contributed by atoms with Gasteiger partial charge in [-0.15, -0.1) is 11.8 Å². The Kier molecular flexibility index (Phi) is 5.68. The maximum absolute atomic E-state index is 12.7. The molecule has 0 aromatic carbocycles. The molecule has 3 aliphatic heterocycles. The van der Waals surface area contributed by atoms with E-state index in [0.717, 1.165) is 11.6 Å². The lowest BCUT2D eigenvalue weighted by molar-refractivity contribution is -0.140. The SMILES string of the molecule is CC(N(N)C1CCN(CC(=O)N2c3nccc(Cl)c32)C(=O)C1)N1CSCC1C#N. The number of thioether (sulfide) groups is 1. The molecule has 154 valence electrons. The zero-order valence-electron chi connectivity index (χ0n) is 16.0. The van der Waals surface area contributed by atoms with E-state index in [2.05, 4.69) is 16.0 Å². The number of aromatic nitrogens is 1. The molecule has 2 amide bonds. The summed E-state index contributed by atoms with van der Waals surface area (Å²) in [4.78, 5) is 34.4. The predicted molar refractivity (Wildman–Crippen MR) is 110 cm³/mol. The molecule has 4 heterocycles. The number of nitrogens with zero attached hydrogens (tertiary/aromatic N) is 6. The molecular weight excluding hydrogens is 414 g/mol. The highest BCUT2D eigenvalue weighted by Gasteiger charge is 2.41. The fourth-order valence-corrected chi connectivity index (χ4v) is 5.34. The third-order valence-electron chi connectivity index (χ3n) is 5.71. The molecule has 2 N–H and O–H groups in total. The molecule has 0 saturated carbocycles. The molecule has 3 aliphatic rings. The number of fused-ring (bicyclic) bond motifs is 1. The van der Waals surface area contributed by atoms with Crippen molar-refractivity contribution < 1.29 is 9.59 Å². The zero-order chi connectivity index (χ0) is 20.7. The van der Waals surface area contributed by atoms with Gasteiger partial charge in [0.2, 0.25) is 5.91 Å². The van der Waals surface area contributed by atoms with Crippen molar-refractivity contribution in [2.24, 2.45) is 5.84 Å². The minimum absolute atomic E-state index is 0.00234. The fraction of sp³-hybridized carbons (Fsp3) is 0.556. The van der Waals surface area contributed by atoms with Gasteiger partial charge in [0.25, 0.3) is 5.91 Å². The van der Waals surface area contributed by atoms with Crippen LogP contribution in [0.5, 0.6) is 0 Å². The van der Waals surface area contributed by atoms with Crippen molar-refractivity contribution in [3.8, 4) is 6.07 Å². The Morgan fingerprint density at radius 1 is 1.59 bits per heavy atom. The summed E-state index contributed by atoms with van der Waals surface area (Å²) in [6.07, 6.45) is 2.33. The molecule has 9 nitrogen and oxygen atoms in total. The van der Waals surface area contributed by atoms with Gasteiger partial charge in [-0.25, -0.2) is 9.99 Å². The number of likely N-dealkylation sites (tertiary alicyclic amines) is 1. The molecule has 1 aromatic rings. The molecule has 2 saturated heterocycles. The number of rotatable bonds is 5. The van der Waals surface area contributed by atoms with E-state index in [1.807, 2.05) is 6.92 Å². The summed E-state index contributed by atoms with van der Waals surface area (Å²) in [5.74, 6) is 8.10. The van der Waals surface area contributed by atoms with E-state index in [-0.39, 0.29) is 43.0 Å². The molecule has 11 heteroatoms. The number of carbonyl (C=O) groups is 2. The molecule has 3 atom stereocenters. The van der Waals surface area contributed by atoms with E-state index >= 15 is 0 Å². The van der Waals surface area contributed by atoms with Gasteiger partial charge < -0.3 is 4.90 Å². The number of hydrogen-bond acceptors (Lipinski definition) is 8. The van der Waals surface area contributed by atoms with E-state index in [4.69, 9.17) is 17.4 Å². The summed E-state index contributed by atoms with van der Waals surface area (Å²) in [5, 5.41) is 11.5. The van der Waals surface area contributed by atoms with Crippen molar-refractivity contribution in [3.05, 3.63) is 17.3 Å². The minimum Gasteiger partial charge on any atom is -0.333 e. The number of piperidine rings is 1. The number of hydrazine groups is 1. The van der Waals surface area contributed by atoms with E-state index in [9.17, 15) is 14.9 Å². The standard InChI is InChI=1S/C18H22ClN7O2S/c1-11(24-10-29-9-13(24)7-20)26(21)12-3-5-23(15(27)6-12)8-16(28)25-17-14(19)2-4-22-18(17)25/h2,4,11-13H,3,5-6,8-10,21H2,1H3. The van der Waals surface area contributed by atoms with Gasteiger partial charge in [-0.3, -0.25) is 25.2 Å². The number of halogens is 1. The molecular formula is C18H22ClN7O2S. The third-order valence-corrected chi connectivity index (χ3v) is 7.05. The number of nitrogens with two attached hydrogens (primary N) is 1. The molecule has 0 aliphatic carbocycles. The molecule has 0 radical (unpaired) electrons. The van der Waals surface area contributed by atoms with Crippen LogP contribution >= 0.6 is 23.4 Å². The average Bonchev–Trinajstić information content (AvgIpc) is 3.27. The summed E-state index contributed by atoms with van der Waals surface area (Å²) < 4.78 is 0. The molecule has 29 heavy (non-hydrogen) atoms. The lowest BCUT2D eigenvalue weighted by Crippen LogP contribution is -2.59. The Morgan fingerprint density at radius 3 is 3.07 bits per heavy atom. The lowest BCUT2D eigenvalue weighted by Gasteiger charge is -2.41. The van der Waals surface area contributed by atoms with Crippen LogP contribution in [0.2, 0.25) is 5.02 Å².